The fourth-order valence-corrected chi connectivity index (χ4v) is 1.42. The van der Waals surface area contributed by atoms with E-state index >= 15 is 0 Å². The van der Waals surface area contributed by atoms with Crippen LogP contribution in [0.3, 0.4) is 0 Å². The van der Waals surface area contributed by atoms with E-state index in [2.05, 4.69) is 0 Å². The highest BCUT2D eigenvalue weighted by atomic mass is 19.4. The average Bonchev–Trinajstić information content (AvgIpc) is 2.38. The van der Waals surface area contributed by atoms with Crippen LogP contribution in [0.4, 0.5) is 13.2 Å². The monoisotopic (exact) mass is 287 g/mol. The van der Waals surface area contributed by atoms with Crippen molar-refractivity contribution in [1.29, 1.82) is 0 Å². The first-order valence-electron chi connectivity index (χ1n) is 6.05. The Morgan fingerprint density at radius 2 is 2.00 bits per heavy atom. The lowest BCUT2D eigenvalue weighted by atomic mass is 10.2. The number of alkyl halides is 3. The molecule has 110 valence electrons. The quantitative estimate of drug-likeness (QED) is 0.645. The molecule has 0 bridgehead atoms. The van der Waals surface area contributed by atoms with Crippen LogP contribution in [0.15, 0.2) is 42.5 Å². The number of halogens is 3. The van der Waals surface area contributed by atoms with Crippen LogP contribution in [-0.2, 0) is 16.1 Å². The van der Waals surface area contributed by atoms with Crippen LogP contribution in [0.1, 0.15) is 12.5 Å². The van der Waals surface area contributed by atoms with Crippen LogP contribution in [-0.4, -0.2) is 24.7 Å². The maximum Gasteiger partial charge on any atom is 0.471 e. The van der Waals surface area contributed by atoms with Crippen molar-refractivity contribution in [3.8, 4) is 0 Å². The van der Waals surface area contributed by atoms with Gasteiger partial charge in [-0.1, -0.05) is 42.5 Å². The molecule has 0 spiro atoms. The van der Waals surface area contributed by atoms with E-state index in [0.29, 0.717) is 6.61 Å². The summed E-state index contributed by atoms with van der Waals surface area (Å²) in [5.41, 5.74) is 1.01. The topological polar surface area (TPSA) is 38.3 Å². The van der Waals surface area contributed by atoms with E-state index in [1.165, 1.54) is 13.0 Å². The number of carbonyl (C=O) groups is 1. The van der Waals surface area contributed by atoms with Gasteiger partial charge in [-0.15, -0.1) is 0 Å². The fraction of sp³-hybridized carbons (Fsp3) is 0.357. The van der Waals surface area contributed by atoms with E-state index in [-0.39, 0.29) is 6.61 Å². The molecule has 6 heteroatoms. The molecule has 0 unspecified atom stereocenters. The van der Waals surface area contributed by atoms with Crippen molar-refractivity contribution in [2.24, 2.45) is 0 Å². The number of hydrogen-bond acceptors (Lipinski definition) is 2. The summed E-state index contributed by atoms with van der Waals surface area (Å²) in [6, 6.07) is 8.80. The minimum absolute atomic E-state index is 0.265. The molecule has 1 aromatic rings. The fourth-order valence-electron chi connectivity index (χ4n) is 1.42. The Balaban J connectivity index is 2.23. The molecule has 0 aromatic heterocycles. The molecular formula is C14H16F3NO2. The first kappa shape index (κ1) is 16.2. The zero-order valence-electron chi connectivity index (χ0n) is 11.0. The first-order chi connectivity index (χ1) is 9.39. The highest BCUT2D eigenvalue weighted by molar-refractivity contribution is 5.82. The van der Waals surface area contributed by atoms with Crippen LogP contribution in [0.2, 0.25) is 0 Å². The molecule has 0 aliphatic heterocycles. The molecular weight excluding hydrogens is 271 g/mol. The van der Waals surface area contributed by atoms with Crippen LogP contribution < -0.4 is 5.32 Å². The smallest absolute Gasteiger partial charge is 0.373 e. The zero-order valence-corrected chi connectivity index (χ0v) is 11.0. The van der Waals surface area contributed by atoms with E-state index in [9.17, 15) is 18.0 Å². The Hall–Kier alpha value is -1.82. The molecule has 0 aliphatic carbocycles. The Morgan fingerprint density at radius 3 is 2.60 bits per heavy atom. The molecule has 1 amide bonds. The number of carbonyl (C=O) groups excluding carboxylic acids is 1. The van der Waals surface area contributed by atoms with Gasteiger partial charge >= 0.3 is 12.1 Å². The van der Waals surface area contributed by atoms with Gasteiger partial charge in [0.05, 0.1) is 13.2 Å². The summed E-state index contributed by atoms with van der Waals surface area (Å²) in [7, 11) is 0. The van der Waals surface area contributed by atoms with Gasteiger partial charge in [-0.05, 0) is 12.5 Å². The van der Waals surface area contributed by atoms with E-state index in [0.717, 1.165) is 5.56 Å². The number of ether oxygens (including phenoxy) is 1. The minimum Gasteiger partial charge on any atom is -0.373 e. The van der Waals surface area contributed by atoms with Crippen LogP contribution >= 0.6 is 0 Å². The van der Waals surface area contributed by atoms with Crippen molar-refractivity contribution < 1.29 is 22.7 Å². The highest BCUT2D eigenvalue weighted by Gasteiger charge is 2.38. The largest absolute Gasteiger partial charge is 0.471 e. The maximum absolute atomic E-state index is 12.0. The Kier molecular flexibility index (Phi) is 6.24. The van der Waals surface area contributed by atoms with Gasteiger partial charge in [-0.2, -0.15) is 13.2 Å². The lowest BCUT2D eigenvalue weighted by Gasteiger charge is -2.11. The number of hydrogen-bond donors (Lipinski definition) is 1. The normalized spacial score (nSPS) is 13.4. The molecule has 1 atom stereocenters. The summed E-state index contributed by atoms with van der Waals surface area (Å²) in [4.78, 5) is 10.6. The first-order valence-corrected chi connectivity index (χ1v) is 6.05. The van der Waals surface area contributed by atoms with Crippen molar-refractivity contribution in [2.45, 2.75) is 25.7 Å². The molecule has 20 heavy (non-hydrogen) atoms. The second-order valence-electron chi connectivity index (χ2n) is 4.19. The third-order valence-electron chi connectivity index (χ3n) is 2.37. The minimum atomic E-state index is -4.86. The third-order valence-corrected chi connectivity index (χ3v) is 2.37. The number of benzene rings is 1. The van der Waals surface area contributed by atoms with Crippen molar-refractivity contribution in [2.75, 3.05) is 6.61 Å². The van der Waals surface area contributed by atoms with Gasteiger partial charge in [0.1, 0.15) is 0 Å². The molecule has 0 aliphatic rings. The van der Waals surface area contributed by atoms with Crippen molar-refractivity contribution in [3.05, 3.63) is 48.0 Å². The lowest BCUT2D eigenvalue weighted by Crippen LogP contribution is -2.41. The number of rotatable bonds is 6. The molecule has 0 radical (unpaired) electrons. The summed E-state index contributed by atoms with van der Waals surface area (Å²) in [5, 5.41) is 1.82. The Bertz CT molecular complexity index is 443. The van der Waals surface area contributed by atoms with Crippen molar-refractivity contribution >= 4 is 5.91 Å². The standard InChI is InChI=1S/C14H16F3NO2/c1-11(18-13(19)14(15,16)17)6-5-9-20-10-12-7-3-2-4-8-12/h2-8,11H,9-10H2,1H3,(H,18,19)/b6-5+/t11-/m1/s1. The maximum atomic E-state index is 12.0. The second-order valence-corrected chi connectivity index (χ2v) is 4.19. The van der Waals surface area contributed by atoms with Crippen LogP contribution in [0.25, 0.3) is 0 Å². The van der Waals surface area contributed by atoms with Crippen molar-refractivity contribution in [3.63, 3.8) is 0 Å². The van der Waals surface area contributed by atoms with Gasteiger partial charge in [-0.3, -0.25) is 4.79 Å². The molecule has 1 aromatic carbocycles. The predicted molar refractivity (Wildman–Crippen MR) is 68.9 cm³/mol. The summed E-state index contributed by atoms with van der Waals surface area (Å²) in [5.74, 6) is -1.94. The van der Waals surface area contributed by atoms with Gasteiger partial charge in [0.25, 0.3) is 0 Å². The molecule has 0 saturated carbocycles. The van der Waals surface area contributed by atoms with Gasteiger partial charge < -0.3 is 10.1 Å². The van der Waals surface area contributed by atoms with E-state index in [1.807, 2.05) is 35.6 Å². The van der Waals surface area contributed by atoms with Crippen LogP contribution in [0, 0.1) is 0 Å². The third kappa shape index (κ3) is 6.38. The molecule has 0 heterocycles. The molecule has 1 N–H and O–H groups in total. The number of amides is 1. The Morgan fingerprint density at radius 1 is 1.35 bits per heavy atom. The molecule has 3 nitrogen and oxygen atoms in total. The van der Waals surface area contributed by atoms with Gasteiger partial charge in [0.2, 0.25) is 0 Å². The van der Waals surface area contributed by atoms with E-state index in [1.54, 1.807) is 6.08 Å². The van der Waals surface area contributed by atoms with E-state index < -0.39 is 18.1 Å². The average molecular weight is 287 g/mol. The summed E-state index contributed by atoms with van der Waals surface area (Å²) >= 11 is 0. The molecule has 1 rings (SSSR count). The van der Waals surface area contributed by atoms with Gasteiger partial charge in [-0.25, -0.2) is 0 Å². The zero-order chi connectivity index (χ0) is 15.0. The van der Waals surface area contributed by atoms with Crippen LogP contribution in [0.5, 0.6) is 0 Å². The SMILES string of the molecule is C[C@H](/C=C/COCc1ccccc1)NC(=O)C(F)(F)F. The van der Waals surface area contributed by atoms with Crippen molar-refractivity contribution in [1.82, 2.24) is 5.32 Å². The second kappa shape index (κ2) is 7.69. The highest BCUT2D eigenvalue weighted by Crippen LogP contribution is 2.14. The van der Waals surface area contributed by atoms with Gasteiger partial charge in [0.15, 0.2) is 0 Å². The summed E-state index contributed by atoms with van der Waals surface area (Å²) in [6.45, 7) is 2.15. The predicted octanol–water partition coefficient (Wildman–Crippen LogP) is 2.83. The summed E-state index contributed by atoms with van der Waals surface area (Å²) < 4.78 is 41.3. The van der Waals surface area contributed by atoms with Gasteiger partial charge in [0, 0.05) is 6.04 Å². The molecule has 0 fully saturated rings. The van der Waals surface area contributed by atoms with E-state index in [4.69, 9.17) is 4.74 Å². The summed E-state index contributed by atoms with van der Waals surface area (Å²) in [6.07, 6.45) is -1.83. The lowest BCUT2D eigenvalue weighted by molar-refractivity contribution is -0.173. The molecule has 0 saturated heterocycles. The Labute approximate surface area is 115 Å². The number of nitrogens with one attached hydrogen (secondary N) is 1.